The van der Waals surface area contributed by atoms with Crippen LogP contribution >= 0.6 is 0 Å². The van der Waals surface area contributed by atoms with Gasteiger partial charge >= 0.3 is 6.03 Å². The number of likely N-dealkylation sites (N-methyl/N-ethyl adjacent to an activating group) is 1. The maximum Gasteiger partial charge on any atom is 0.309 e. The van der Waals surface area contributed by atoms with Gasteiger partial charge in [0.15, 0.2) is 0 Å². The van der Waals surface area contributed by atoms with Crippen LogP contribution in [0.2, 0.25) is 0 Å². The van der Waals surface area contributed by atoms with Crippen molar-refractivity contribution in [2.75, 3.05) is 34.3 Å². The molecule has 0 atom stereocenters. The van der Waals surface area contributed by atoms with Crippen molar-refractivity contribution in [2.45, 2.75) is 6.92 Å². The number of aliphatic hydroxyl groups excluding tert-OH is 1. The molecule has 0 bridgehead atoms. The van der Waals surface area contributed by atoms with Crippen molar-refractivity contribution in [3.8, 4) is 0 Å². The standard InChI is InChI=1S/C5H14NO.C2H4O2.CH4N2O.ClH/c1-6(2,3)4-5-7;1-2(3)4;2-1(3)4;/h7H,4-5H2,1-3H3;1H3,(H,3,4);(H4,2,3,4);1H/q+1;;;/p-1. The van der Waals surface area contributed by atoms with Gasteiger partial charge in [-0.15, -0.1) is 0 Å². The van der Waals surface area contributed by atoms with Crippen molar-refractivity contribution in [2.24, 2.45) is 11.5 Å². The number of carboxylic acids is 1. The predicted molar refractivity (Wildman–Crippen MR) is 57.1 cm³/mol. The normalized spacial score (nSPS) is 8.31. The Hall–Kier alpha value is -1.05. The summed E-state index contributed by atoms with van der Waals surface area (Å²) >= 11 is 0. The Bertz CT molecular complexity index is 163. The number of hydrogen-bond acceptors (Lipinski definition) is 3. The van der Waals surface area contributed by atoms with Gasteiger partial charge in [-0.1, -0.05) is 0 Å². The topological polar surface area (TPSA) is 127 Å². The number of nitrogens with zero attached hydrogens (tertiary/aromatic N) is 1. The Morgan fingerprint density at radius 1 is 1.19 bits per heavy atom. The second kappa shape index (κ2) is 13.9. The first-order chi connectivity index (χ1) is 6.52. The molecule has 0 fully saturated rings. The van der Waals surface area contributed by atoms with Crippen LogP contribution in [0.25, 0.3) is 0 Å². The Balaban J connectivity index is -0.0000000700. The van der Waals surface area contributed by atoms with Crippen LogP contribution in [0.1, 0.15) is 6.92 Å². The highest BCUT2D eigenvalue weighted by molar-refractivity contribution is 5.69. The van der Waals surface area contributed by atoms with Gasteiger partial charge in [0.2, 0.25) is 0 Å². The second-order valence-electron chi connectivity index (χ2n) is 3.66. The Kier molecular flexibility index (Phi) is 21.2. The van der Waals surface area contributed by atoms with Gasteiger partial charge in [0.1, 0.15) is 6.54 Å². The number of hydrogen-bond donors (Lipinski definition) is 4. The first-order valence-electron chi connectivity index (χ1n) is 4.18. The molecule has 8 heteroatoms. The monoisotopic (exact) mass is 259 g/mol. The molecule has 0 saturated heterocycles. The number of quaternary nitrogens is 1. The molecule has 0 heterocycles. The summed E-state index contributed by atoms with van der Waals surface area (Å²) in [5.74, 6) is -0.833. The Morgan fingerprint density at radius 3 is 1.38 bits per heavy atom. The molecule has 0 aliphatic carbocycles. The molecule has 0 aromatic rings. The van der Waals surface area contributed by atoms with Gasteiger partial charge in [0.05, 0.1) is 27.7 Å². The molecule has 2 amide bonds. The minimum Gasteiger partial charge on any atom is -1.00 e. The van der Waals surface area contributed by atoms with E-state index in [1.54, 1.807) is 0 Å². The Labute approximate surface area is 102 Å². The molecule has 0 radical (unpaired) electrons. The fourth-order valence-corrected chi connectivity index (χ4v) is 0.300. The zero-order valence-corrected chi connectivity index (χ0v) is 10.9. The number of carbonyl (C=O) groups excluding carboxylic acids is 1. The van der Waals surface area contributed by atoms with Crippen LogP contribution in [0.5, 0.6) is 0 Å². The lowest BCUT2D eigenvalue weighted by atomic mass is 10.5. The summed E-state index contributed by atoms with van der Waals surface area (Å²) in [5.41, 5.74) is 8.50. The van der Waals surface area contributed by atoms with E-state index in [1.165, 1.54) is 0 Å². The maximum atomic E-state index is 9.00. The number of primary amides is 2. The fraction of sp³-hybridized carbons (Fsp3) is 0.750. The van der Waals surface area contributed by atoms with E-state index in [-0.39, 0.29) is 19.0 Å². The van der Waals surface area contributed by atoms with Gasteiger partial charge in [-0.25, -0.2) is 4.79 Å². The molecule has 100 valence electrons. The van der Waals surface area contributed by atoms with Crippen molar-refractivity contribution in [1.29, 1.82) is 0 Å². The van der Waals surface area contributed by atoms with E-state index in [4.69, 9.17) is 19.8 Å². The molecule has 16 heavy (non-hydrogen) atoms. The molecule has 0 aliphatic rings. The van der Waals surface area contributed by atoms with E-state index in [2.05, 4.69) is 32.6 Å². The molecule has 0 saturated carbocycles. The smallest absolute Gasteiger partial charge is 0.309 e. The lowest BCUT2D eigenvalue weighted by Gasteiger charge is -2.21. The lowest BCUT2D eigenvalue weighted by molar-refractivity contribution is -0.870. The maximum absolute atomic E-state index is 9.00. The number of nitrogens with two attached hydrogens (primary N) is 2. The molecule has 0 rings (SSSR count). The molecule has 0 spiro atoms. The quantitative estimate of drug-likeness (QED) is 0.375. The van der Waals surface area contributed by atoms with Crippen molar-refractivity contribution in [3.05, 3.63) is 0 Å². The largest absolute Gasteiger partial charge is 1.00 e. The van der Waals surface area contributed by atoms with E-state index >= 15 is 0 Å². The number of carboxylic acid groups (broad SMARTS) is 1. The van der Waals surface area contributed by atoms with Crippen molar-refractivity contribution in [1.82, 2.24) is 0 Å². The second-order valence-corrected chi connectivity index (χ2v) is 3.66. The average Bonchev–Trinajstić information content (AvgIpc) is 1.79. The minimum absolute atomic E-state index is 0. The number of urea groups is 1. The summed E-state index contributed by atoms with van der Waals surface area (Å²) in [7, 11) is 6.16. The van der Waals surface area contributed by atoms with Gasteiger partial charge in [0, 0.05) is 6.92 Å². The molecule has 0 aliphatic heterocycles. The summed E-state index contributed by atoms with van der Waals surface area (Å²) in [6, 6.07) is -0.833. The minimum atomic E-state index is -0.833. The molecular weight excluding hydrogens is 238 g/mol. The first kappa shape index (κ1) is 24.3. The molecule has 0 unspecified atom stereocenters. The van der Waals surface area contributed by atoms with E-state index in [0.29, 0.717) is 0 Å². The highest BCUT2D eigenvalue weighted by Gasteiger charge is 2.02. The van der Waals surface area contributed by atoms with E-state index in [9.17, 15) is 0 Å². The third-order valence-corrected chi connectivity index (χ3v) is 0.771. The average molecular weight is 260 g/mol. The van der Waals surface area contributed by atoms with Crippen molar-refractivity contribution in [3.63, 3.8) is 0 Å². The zero-order chi connectivity index (χ0) is 13.1. The van der Waals surface area contributed by atoms with E-state index < -0.39 is 12.0 Å². The molecule has 7 nitrogen and oxygen atoms in total. The van der Waals surface area contributed by atoms with Gasteiger partial charge < -0.3 is 38.6 Å². The third kappa shape index (κ3) is 213. The van der Waals surface area contributed by atoms with Crippen LogP contribution in [-0.2, 0) is 4.79 Å². The number of rotatable bonds is 2. The van der Waals surface area contributed by atoms with Crippen LogP contribution in [-0.4, -0.2) is 61.0 Å². The summed E-state index contributed by atoms with van der Waals surface area (Å²) in [4.78, 5) is 18.0. The van der Waals surface area contributed by atoms with Gasteiger partial charge in [-0.05, 0) is 0 Å². The summed E-state index contributed by atoms with van der Waals surface area (Å²) in [6.07, 6.45) is 0. The summed E-state index contributed by atoms with van der Waals surface area (Å²) in [6.45, 7) is 2.20. The highest BCUT2D eigenvalue weighted by Crippen LogP contribution is 1.84. The number of carbonyl (C=O) groups is 2. The van der Waals surface area contributed by atoms with Crippen LogP contribution in [0, 0.1) is 0 Å². The van der Waals surface area contributed by atoms with Crippen LogP contribution < -0.4 is 23.9 Å². The number of halogens is 1. The summed E-state index contributed by atoms with van der Waals surface area (Å²) < 4.78 is 0.844. The van der Waals surface area contributed by atoms with Crippen LogP contribution in [0.15, 0.2) is 0 Å². The number of amides is 2. The van der Waals surface area contributed by atoms with E-state index in [0.717, 1.165) is 18.0 Å². The van der Waals surface area contributed by atoms with Crippen molar-refractivity contribution >= 4 is 12.0 Å². The molecular formula is C8H22ClN3O4. The first-order valence-corrected chi connectivity index (χ1v) is 4.18. The molecule has 6 N–H and O–H groups in total. The van der Waals surface area contributed by atoms with Gasteiger partial charge in [-0.2, -0.15) is 0 Å². The van der Waals surface area contributed by atoms with Crippen LogP contribution in [0.4, 0.5) is 4.79 Å². The molecule has 0 aromatic carbocycles. The molecule has 0 aromatic heterocycles. The Morgan fingerprint density at radius 2 is 1.38 bits per heavy atom. The number of aliphatic carboxylic acids is 1. The SMILES string of the molecule is CC(=O)O.C[N+](C)(C)CCO.NC(N)=O.[Cl-]. The fourth-order valence-electron chi connectivity index (χ4n) is 0.300. The van der Waals surface area contributed by atoms with Gasteiger partial charge in [-0.3, -0.25) is 4.79 Å². The van der Waals surface area contributed by atoms with E-state index in [1.807, 2.05) is 0 Å². The zero-order valence-electron chi connectivity index (χ0n) is 10.1. The highest BCUT2D eigenvalue weighted by atomic mass is 35.5. The van der Waals surface area contributed by atoms with Gasteiger partial charge in [0.25, 0.3) is 5.97 Å². The summed E-state index contributed by atoms with van der Waals surface area (Å²) in [5, 5.41) is 15.8. The van der Waals surface area contributed by atoms with Crippen molar-refractivity contribution < 1.29 is 36.7 Å². The number of aliphatic hydroxyl groups is 1. The van der Waals surface area contributed by atoms with Crippen LogP contribution in [0.3, 0.4) is 0 Å². The third-order valence-electron chi connectivity index (χ3n) is 0.771. The predicted octanol–water partition coefficient (Wildman–Crippen LogP) is -4.20. The lowest BCUT2D eigenvalue weighted by Crippen LogP contribution is -3.00.